The molecule has 0 aliphatic carbocycles. The van der Waals surface area contributed by atoms with Gasteiger partial charge in [0.15, 0.2) is 9.84 Å². The van der Waals surface area contributed by atoms with E-state index in [1.807, 2.05) is 0 Å². The van der Waals surface area contributed by atoms with Crippen LogP contribution >= 0.6 is 11.8 Å². The summed E-state index contributed by atoms with van der Waals surface area (Å²) < 4.78 is 33.0. The van der Waals surface area contributed by atoms with Crippen molar-refractivity contribution in [1.82, 2.24) is 0 Å². The summed E-state index contributed by atoms with van der Waals surface area (Å²) in [5, 5.41) is 2.78. The Balaban J connectivity index is 1.89. The van der Waals surface area contributed by atoms with Gasteiger partial charge in [-0.15, -0.1) is 11.8 Å². The first-order chi connectivity index (χ1) is 10.4. The van der Waals surface area contributed by atoms with Crippen LogP contribution in [0.5, 0.6) is 11.5 Å². The molecule has 1 heterocycles. The van der Waals surface area contributed by atoms with Crippen LogP contribution in [0.1, 0.15) is 6.42 Å². The molecule has 2 rings (SSSR count). The summed E-state index contributed by atoms with van der Waals surface area (Å²) in [6.45, 7) is 0. The second kappa shape index (κ2) is 7.23. The monoisotopic (exact) mass is 345 g/mol. The van der Waals surface area contributed by atoms with Crippen molar-refractivity contribution < 1.29 is 22.7 Å². The normalized spacial score (nSPS) is 19.6. The van der Waals surface area contributed by atoms with E-state index in [0.717, 1.165) is 0 Å². The van der Waals surface area contributed by atoms with Gasteiger partial charge in [0.1, 0.15) is 11.5 Å². The van der Waals surface area contributed by atoms with Crippen molar-refractivity contribution in [3.05, 3.63) is 18.2 Å². The summed E-state index contributed by atoms with van der Waals surface area (Å²) in [5.74, 6) is 1.61. The Bertz CT molecular complexity index is 622. The number of carbonyl (C=O) groups is 1. The SMILES string of the molecule is COc1cc(NC(=O)CS[C@@H]2CCS(=O)(=O)C2)cc(OC)c1. The van der Waals surface area contributed by atoms with Gasteiger partial charge in [-0.05, 0) is 6.42 Å². The van der Waals surface area contributed by atoms with Crippen LogP contribution in [-0.2, 0) is 14.6 Å². The number of sulfone groups is 1. The number of anilines is 1. The van der Waals surface area contributed by atoms with Crippen LogP contribution in [0.2, 0.25) is 0 Å². The van der Waals surface area contributed by atoms with E-state index < -0.39 is 9.84 Å². The standard InChI is InChI=1S/C14H19NO5S2/c1-19-11-5-10(6-12(7-11)20-2)15-14(16)8-21-13-3-4-22(17,18)9-13/h5-7,13H,3-4,8-9H2,1-2H3,(H,15,16)/t13-/m1/s1. The highest BCUT2D eigenvalue weighted by molar-refractivity contribution is 8.02. The third-order valence-electron chi connectivity index (χ3n) is 3.28. The van der Waals surface area contributed by atoms with Gasteiger partial charge in [0.05, 0.1) is 31.5 Å². The summed E-state index contributed by atoms with van der Waals surface area (Å²) in [6.07, 6.45) is 0.618. The number of hydrogen-bond acceptors (Lipinski definition) is 6. The molecular weight excluding hydrogens is 326 g/mol. The van der Waals surface area contributed by atoms with Gasteiger partial charge >= 0.3 is 0 Å². The minimum absolute atomic E-state index is 0.00981. The summed E-state index contributed by atoms with van der Waals surface area (Å²) in [6, 6.07) is 5.12. The molecule has 1 aromatic carbocycles. The minimum atomic E-state index is -2.91. The van der Waals surface area contributed by atoms with Gasteiger partial charge in [-0.25, -0.2) is 8.42 Å². The van der Waals surface area contributed by atoms with Gasteiger partial charge < -0.3 is 14.8 Å². The third kappa shape index (κ3) is 4.81. The van der Waals surface area contributed by atoms with Crippen LogP contribution in [0, 0.1) is 0 Å². The smallest absolute Gasteiger partial charge is 0.234 e. The van der Waals surface area contributed by atoms with Crippen LogP contribution in [0.15, 0.2) is 18.2 Å². The lowest BCUT2D eigenvalue weighted by molar-refractivity contribution is -0.113. The highest BCUT2D eigenvalue weighted by Crippen LogP contribution is 2.27. The second-order valence-corrected chi connectivity index (χ2v) is 8.50. The van der Waals surface area contributed by atoms with Crippen molar-refractivity contribution >= 4 is 33.2 Å². The Hall–Kier alpha value is -1.41. The lowest BCUT2D eigenvalue weighted by Crippen LogP contribution is -2.17. The molecular formula is C14H19NO5S2. The van der Waals surface area contributed by atoms with Crippen molar-refractivity contribution in [1.29, 1.82) is 0 Å². The highest BCUT2D eigenvalue weighted by atomic mass is 32.2. The van der Waals surface area contributed by atoms with E-state index in [9.17, 15) is 13.2 Å². The average molecular weight is 345 g/mol. The van der Waals surface area contributed by atoms with Crippen molar-refractivity contribution in [3.63, 3.8) is 0 Å². The largest absolute Gasteiger partial charge is 0.497 e. The number of carbonyl (C=O) groups excluding carboxylic acids is 1. The van der Waals surface area contributed by atoms with E-state index in [1.165, 1.54) is 26.0 Å². The molecule has 122 valence electrons. The number of methoxy groups -OCH3 is 2. The summed E-state index contributed by atoms with van der Waals surface area (Å²) in [7, 11) is 0.171. The first-order valence-corrected chi connectivity index (χ1v) is 9.64. The average Bonchev–Trinajstić information content (AvgIpc) is 2.84. The van der Waals surface area contributed by atoms with E-state index in [-0.39, 0.29) is 28.4 Å². The maximum absolute atomic E-state index is 12.0. The molecule has 1 N–H and O–H groups in total. The molecule has 1 fully saturated rings. The van der Waals surface area contributed by atoms with Gasteiger partial charge in [-0.1, -0.05) is 0 Å². The van der Waals surface area contributed by atoms with Crippen molar-refractivity contribution in [3.8, 4) is 11.5 Å². The summed E-state index contributed by atoms with van der Waals surface area (Å²) in [5.41, 5.74) is 0.584. The molecule has 1 aromatic rings. The number of hydrogen-bond donors (Lipinski definition) is 1. The fourth-order valence-corrected chi connectivity index (χ4v) is 5.61. The molecule has 22 heavy (non-hydrogen) atoms. The summed E-state index contributed by atoms with van der Waals surface area (Å²) >= 11 is 1.38. The molecule has 0 unspecified atom stereocenters. The van der Waals surface area contributed by atoms with Crippen LogP contribution in [-0.4, -0.2) is 51.1 Å². The number of amides is 1. The number of ether oxygens (including phenoxy) is 2. The van der Waals surface area contributed by atoms with Crippen LogP contribution in [0.25, 0.3) is 0 Å². The molecule has 1 aliphatic heterocycles. The van der Waals surface area contributed by atoms with Crippen LogP contribution in [0.4, 0.5) is 5.69 Å². The molecule has 8 heteroatoms. The lowest BCUT2D eigenvalue weighted by Gasteiger charge is -2.11. The van der Waals surface area contributed by atoms with Gasteiger partial charge in [0.25, 0.3) is 0 Å². The maximum atomic E-state index is 12.0. The minimum Gasteiger partial charge on any atom is -0.497 e. The van der Waals surface area contributed by atoms with Gasteiger partial charge in [-0.2, -0.15) is 0 Å². The van der Waals surface area contributed by atoms with E-state index in [1.54, 1.807) is 18.2 Å². The predicted octanol–water partition coefficient (Wildman–Crippen LogP) is 1.56. The zero-order chi connectivity index (χ0) is 16.2. The van der Waals surface area contributed by atoms with E-state index in [4.69, 9.17) is 9.47 Å². The van der Waals surface area contributed by atoms with E-state index >= 15 is 0 Å². The molecule has 6 nitrogen and oxygen atoms in total. The molecule has 0 saturated carbocycles. The van der Waals surface area contributed by atoms with Gasteiger partial charge in [0, 0.05) is 29.1 Å². The molecule has 1 atom stereocenters. The number of nitrogens with one attached hydrogen (secondary N) is 1. The van der Waals surface area contributed by atoms with Crippen LogP contribution < -0.4 is 14.8 Å². The zero-order valence-electron chi connectivity index (χ0n) is 12.5. The molecule has 1 saturated heterocycles. The van der Waals surface area contributed by atoms with Gasteiger partial charge in [-0.3, -0.25) is 4.79 Å². The molecule has 1 amide bonds. The molecule has 0 aromatic heterocycles. The van der Waals surface area contributed by atoms with Crippen molar-refractivity contribution in [2.45, 2.75) is 11.7 Å². The fourth-order valence-electron chi connectivity index (χ4n) is 2.16. The number of thioether (sulfide) groups is 1. The molecule has 1 aliphatic rings. The Morgan fingerprint density at radius 3 is 2.41 bits per heavy atom. The van der Waals surface area contributed by atoms with Crippen LogP contribution in [0.3, 0.4) is 0 Å². The number of benzene rings is 1. The van der Waals surface area contributed by atoms with E-state index in [2.05, 4.69) is 5.32 Å². The quantitative estimate of drug-likeness (QED) is 0.843. The maximum Gasteiger partial charge on any atom is 0.234 e. The van der Waals surface area contributed by atoms with Crippen molar-refractivity contribution in [2.75, 3.05) is 36.8 Å². The number of rotatable bonds is 6. The highest BCUT2D eigenvalue weighted by Gasteiger charge is 2.28. The zero-order valence-corrected chi connectivity index (χ0v) is 14.1. The first kappa shape index (κ1) is 17.0. The summed E-state index contributed by atoms with van der Waals surface area (Å²) in [4.78, 5) is 12.0. The van der Waals surface area contributed by atoms with Crippen molar-refractivity contribution in [2.24, 2.45) is 0 Å². The third-order valence-corrected chi connectivity index (χ3v) is 6.56. The van der Waals surface area contributed by atoms with E-state index in [0.29, 0.717) is 23.6 Å². The first-order valence-electron chi connectivity index (χ1n) is 6.77. The Morgan fingerprint density at radius 2 is 1.91 bits per heavy atom. The molecule has 0 radical (unpaired) electrons. The topological polar surface area (TPSA) is 81.7 Å². The lowest BCUT2D eigenvalue weighted by atomic mass is 10.2. The Morgan fingerprint density at radius 1 is 1.27 bits per heavy atom. The molecule has 0 spiro atoms. The Kier molecular flexibility index (Phi) is 5.57. The fraction of sp³-hybridized carbons (Fsp3) is 0.500. The predicted molar refractivity (Wildman–Crippen MR) is 87.7 cm³/mol. The molecule has 0 bridgehead atoms. The second-order valence-electron chi connectivity index (χ2n) is 4.99. The Labute approximate surface area is 134 Å². The van der Waals surface area contributed by atoms with Gasteiger partial charge in [0.2, 0.25) is 5.91 Å².